The monoisotopic (exact) mass is 235 g/mol. The molecule has 2 rings (SSSR count). The molecular weight excluding hydrogens is 214 g/mol. The summed E-state index contributed by atoms with van der Waals surface area (Å²) in [4.78, 5) is 18.3. The van der Waals surface area contributed by atoms with Gasteiger partial charge in [0.2, 0.25) is 0 Å². The molecular formula is C13H21N3O. The summed E-state index contributed by atoms with van der Waals surface area (Å²) < 4.78 is 0. The molecule has 1 fully saturated rings. The van der Waals surface area contributed by atoms with Crippen molar-refractivity contribution in [1.29, 1.82) is 0 Å². The van der Waals surface area contributed by atoms with Gasteiger partial charge in [-0.15, -0.1) is 0 Å². The van der Waals surface area contributed by atoms with Crippen LogP contribution in [0.1, 0.15) is 50.8 Å². The Morgan fingerprint density at radius 1 is 1.24 bits per heavy atom. The summed E-state index contributed by atoms with van der Waals surface area (Å²) in [6.07, 6.45) is 8.97. The summed E-state index contributed by atoms with van der Waals surface area (Å²) >= 11 is 0. The average Bonchev–Trinajstić information content (AvgIpc) is 2.20. The average molecular weight is 235 g/mol. The minimum absolute atomic E-state index is 0.0779. The zero-order valence-corrected chi connectivity index (χ0v) is 10.5. The van der Waals surface area contributed by atoms with Gasteiger partial charge in [0.05, 0.1) is 0 Å². The highest BCUT2D eigenvalue weighted by atomic mass is 16.1. The molecule has 1 heterocycles. The maximum Gasteiger partial charge on any atom is 0.252 e. The van der Waals surface area contributed by atoms with Crippen LogP contribution in [0.3, 0.4) is 0 Å². The smallest absolute Gasteiger partial charge is 0.252 e. The Hall–Kier alpha value is -1.32. The van der Waals surface area contributed by atoms with E-state index in [0.29, 0.717) is 11.9 Å². The minimum atomic E-state index is -0.0779. The van der Waals surface area contributed by atoms with E-state index in [2.05, 4.69) is 15.3 Å². The van der Waals surface area contributed by atoms with Crippen molar-refractivity contribution in [1.82, 2.24) is 9.97 Å². The number of anilines is 1. The first-order chi connectivity index (χ1) is 8.24. The van der Waals surface area contributed by atoms with Gasteiger partial charge in [-0.3, -0.25) is 4.79 Å². The Bertz CT molecular complexity index is 405. The van der Waals surface area contributed by atoms with Gasteiger partial charge in [-0.25, -0.2) is 4.98 Å². The van der Waals surface area contributed by atoms with Gasteiger partial charge in [-0.1, -0.05) is 32.1 Å². The molecule has 1 aliphatic carbocycles. The van der Waals surface area contributed by atoms with E-state index in [9.17, 15) is 4.79 Å². The van der Waals surface area contributed by atoms with Crippen LogP contribution < -0.4 is 10.9 Å². The lowest BCUT2D eigenvalue weighted by atomic mass is 9.97. The highest BCUT2D eigenvalue weighted by molar-refractivity contribution is 5.34. The Labute approximate surface area is 102 Å². The van der Waals surface area contributed by atoms with Gasteiger partial charge >= 0.3 is 0 Å². The van der Waals surface area contributed by atoms with Crippen LogP contribution in [0.4, 0.5) is 5.82 Å². The summed E-state index contributed by atoms with van der Waals surface area (Å²) in [5, 5.41) is 3.40. The highest BCUT2D eigenvalue weighted by Gasteiger charge is 2.11. The third kappa shape index (κ3) is 3.88. The van der Waals surface area contributed by atoms with Crippen molar-refractivity contribution in [3.63, 3.8) is 0 Å². The fourth-order valence-electron chi connectivity index (χ4n) is 2.46. The number of aromatic amines is 1. The fraction of sp³-hybridized carbons (Fsp3) is 0.692. The minimum Gasteiger partial charge on any atom is -0.367 e. The van der Waals surface area contributed by atoms with Gasteiger partial charge in [0.1, 0.15) is 11.6 Å². The van der Waals surface area contributed by atoms with Gasteiger partial charge in [-0.05, 0) is 19.8 Å². The first-order valence-electron chi connectivity index (χ1n) is 6.58. The quantitative estimate of drug-likeness (QED) is 0.828. The molecule has 1 aromatic heterocycles. The molecule has 4 nitrogen and oxygen atoms in total. The third-order valence-electron chi connectivity index (χ3n) is 3.32. The van der Waals surface area contributed by atoms with Crippen molar-refractivity contribution in [3.8, 4) is 0 Å². The maximum atomic E-state index is 11.3. The predicted octanol–water partition coefficient (Wildman–Crippen LogP) is 2.60. The van der Waals surface area contributed by atoms with Crippen LogP contribution in [0.2, 0.25) is 0 Å². The number of rotatable bonds is 2. The summed E-state index contributed by atoms with van der Waals surface area (Å²) in [6, 6.07) is 2.02. The first kappa shape index (κ1) is 12.1. The van der Waals surface area contributed by atoms with Crippen molar-refractivity contribution in [3.05, 3.63) is 22.2 Å². The molecule has 0 saturated heterocycles. The predicted molar refractivity (Wildman–Crippen MR) is 69.3 cm³/mol. The molecule has 0 unspecified atom stereocenters. The SMILES string of the molecule is Cc1nc(NC2CCCCCCC2)cc(=O)[nH]1. The number of nitrogens with zero attached hydrogens (tertiary/aromatic N) is 1. The van der Waals surface area contributed by atoms with Crippen LogP contribution in [0, 0.1) is 6.92 Å². The molecule has 94 valence electrons. The van der Waals surface area contributed by atoms with Gasteiger partial charge < -0.3 is 10.3 Å². The lowest BCUT2D eigenvalue weighted by Crippen LogP contribution is -2.23. The van der Waals surface area contributed by atoms with E-state index >= 15 is 0 Å². The van der Waals surface area contributed by atoms with E-state index in [1.807, 2.05) is 6.92 Å². The highest BCUT2D eigenvalue weighted by Crippen LogP contribution is 2.19. The summed E-state index contributed by atoms with van der Waals surface area (Å²) in [6.45, 7) is 1.81. The molecule has 0 amide bonds. The van der Waals surface area contributed by atoms with Gasteiger partial charge in [-0.2, -0.15) is 0 Å². The van der Waals surface area contributed by atoms with Crippen molar-refractivity contribution in [2.45, 2.75) is 57.9 Å². The molecule has 4 heteroatoms. The topological polar surface area (TPSA) is 57.8 Å². The number of hydrogen-bond donors (Lipinski definition) is 2. The maximum absolute atomic E-state index is 11.3. The molecule has 0 aliphatic heterocycles. The molecule has 17 heavy (non-hydrogen) atoms. The molecule has 0 bridgehead atoms. The molecule has 1 aromatic rings. The molecule has 0 spiro atoms. The Morgan fingerprint density at radius 2 is 1.88 bits per heavy atom. The fourth-order valence-corrected chi connectivity index (χ4v) is 2.46. The van der Waals surface area contributed by atoms with E-state index in [1.165, 1.54) is 44.9 Å². The largest absolute Gasteiger partial charge is 0.367 e. The summed E-state index contributed by atoms with van der Waals surface area (Å²) in [5.74, 6) is 1.39. The zero-order valence-electron chi connectivity index (χ0n) is 10.5. The van der Waals surface area contributed by atoms with Gasteiger partial charge in [0.25, 0.3) is 5.56 Å². The van der Waals surface area contributed by atoms with E-state index < -0.39 is 0 Å². The number of aryl methyl sites for hydroxylation is 1. The Morgan fingerprint density at radius 3 is 2.53 bits per heavy atom. The van der Waals surface area contributed by atoms with E-state index in [4.69, 9.17) is 0 Å². The molecule has 0 radical (unpaired) electrons. The summed E-state index contributed by atoms with van der Waals surface area (Å²) in [7, 11) is 0. The molecule has 1 aliphatic rings. The number of nitrogens with one attached hydrogen (secondary N) is 2. The third-order valence-corrected chi connectivity index (χ3v) is 3.32. The van der Waals surface area contributed by atoms with Crippen LogP contribution in [0.25, 0.3) is 0 Å². The Kier molecular flexibility index (Phi) is 4.18. The lowest BCUT2D eigenvalue weighted by Gasteiger charge is -2.21. The number of aromatic nitrogens is 2. The summed E-state index contributed by atoms with van der Waals surface area (Å²) in [5.41, 5.74) is -0.0779. The van der Waals surface area contributed by atoms with Gasteiger partial charge in [0, 0.05) is 12.1 Å². The van der Waals surface area contributed by atoms with E-state index in [-0.39, 0.29) is 5.56 Å². The standard InChI is InChI=1S/C13H21N3O/c1-10-14-12(9-13(17)15-10)16-11-7-5-3-2-4-6-8-11/h9,11H,2-8H2,1H3,(H2,14,15,16,17). The van der Waals surface area contributed by atoms with Crippen LogP contribution in [0.15, 0.2) is 10.9 Å². The molecule has 0 aromatic carbocycles. The van der Waals surface area contributed by atoms with Crippen LogP contribution >= 0.6 is 0 Å². The molecule has 1 saturated carbocycles. The van der Waals surface area contributed by atoms with E-state index in [1.54, 1.807) is 6.07 Å². The van der Waals surface area contributed by atoms with Crippen LogP contribution in [-0.4, -0.2) is 16.0 Å². The Balaban J connectivity index is 2.00. The van der Waals surface area contributed by atoms with E-state index in [0.717, 1.165) is 5.82 Å². The van der Waals surface area contributed by atoms with Gasteiger partial charge in [0.15, 0.2) is 0 Å². The molecule has 2 N–H and O–H groups in total. The van der Waals surface area contributed by atoms with Crippen molar-refractivity contribution in [2.24, 2.45) is 0 Å². The second-order valence-corrected chi connectivity index (χ2v) is 4.90. The number of H-pyrrole nitrogens is 1. The molecule has 0 atom stereocenters. The first-order valence-corrected chi connectivity index (χ1v) is 6.58. The lowest BCUT2D eigenvalue weighted by molar-refractivity contribution is 0.470. The van der Waals surface area contributed by atoms with Crippen molar-refractivity contribution >= 4 is 5.82 Å². The zero-order chi connectivity index (χ0) is 12.1. The van der Waals surface area contributed by atoms with Crippen molar-refractivity contribution in [2.75, 3.05) is 5.32 Å². The normalized spacial score (nSPS) is 18.4. The second kappa shape index (κ2) is 5.84. The van der Waals surface area contributed by atoms with Crippen LogP contribution in [-0.2, 0) is 0 Å². The second-order valence-electron chi connectivity index (χ2n) is 4.90. The number of hydrogen-bond acceptors (Lipinski definition) is 3. The van der Waals surface area contributed by atoms with Crippen molar-refractivity contribution < 1.29 is 0 Å². The van der Waals surface area contributed by atoms with Crippen LogP contribution in [0.5, 0.6) is 0 Å².